The standard InChI is InChI=1S/C8H4ClN5O3S/c9-6-2-1-5(14(16)17)7(10-6)11-8(15)4-3-18-13-12-4/h1-3H,(H,10,11,15). The molecule has 1 N–H and O–H groups in total. The molecule has 2 aromatic heterocycles. The third-order valence-corrected chi connectivity index (χ3v) is 2.58. The van der Waals surface area contributed by atoms with Crippen LogP contribution in [-0.4, -0.2) is 25.4 Å². The van der Waals surface area contributed by atoms with Crippen molar-refractivity contribution in [3.8, 4) is 0 Å². The molecule has 0 unspecified atom stereocenters. The van der Waals surface area contributed by atoms with Crippen LogP contribution in [0.3, 0.4) is 0 Å². The molecule has 0 aliphatic heterocycles. The molecule has 1 amide bonds. The van der Waals surface area contributed by atoms with E-state index >= 15 is 0 Å². The smallest absolute Gasteiger partial charge is 0.299 e. The number of hydrogen-bond acceptors (Lipinski definition) is 7. The third kappa shape index (κ3) is 2.57. The molecule has 0 saturated carbocycles. The van der Waals surface area contributed by atoms with Gasteiger partial charge in [-0.2, -0.15) is 0 Å². The fourth-order valence-corrected chi connectivity index (χ4v) is 1.69. The predicted molar refractivity (Wildman–Crippen MR) is 63.8 cm³/mol. The third-order valence-electron chi connectivity index (χ3n) is 1.86. The fraction of sp³-hybridized carbons (Fsp3) is 0. The first-order valence-electron chi connectivity index (χ1n) is 4.47. The average Bonchev–Trinajstić information content (AvgIpc) is 2.81. The van der Waals surface area contributed by atoms with Crippen LogP contribution in [0.1, 0.15) is 10.5 Å². The summed E-state index contributed by atoms with van der Waals surface area (Å²) in [5.74, 6) is -0.868. The molecule has 18 heavy (non-hydrogen) atoms. The molecular formula is C8H4ClN5O3S. The van der Waals surface area contributed by atoms with Crippen molar-refractivity contribution in [2.24, 2.45) is 0 Å². The first-order valence-corrected chi connectivity index (χ1v) is 5.68. The van der Waals surface area contributed by atoms with Gasteiger partial charge < -0.3 is 0 Å². The van der Waals surface area contributed by atoms with Crippen molar-refractivity contribution in [1.82, 2.24) is 14.6 Å². The van der Waals surface area contributed by atoms with Crippen LogP contribution in [-0.2, 0) is 0 Å². The Morgan fingerprint density at radius 2 is 2.28 bits per heavy atom. The van der Waals surface area contributed by atoms with Gasteiger partial charge in [0.05, 0.1) is 4.92 Å². The number of pyridine rings is 1. The van der Waals surface area contributed by atoms with Crippen molar-refractivity contribution in [3.63, 3.8) is 0 Å². The zero-order chi connectivity index (χ0) is 13.1. The number of halogens is 1. The maximum Gasteiger partial charge on any atom is 0.311 e. The van der Waals surface area contributed by atoms with Crippen molar-refractivity contribution in [2.75, 3.05) is 5.32 Å². The van der Waals surface area contributed by atoms with Crippen LogP contribution in [0.2, 0.25) is 5.15 Å². The number of amides is 1. The minimum Gasteiger partial charge on any atom is -0.299 e. The van der Waals surface area contributed by atoms with E-state index in [0.717, 1.165) is 17.6 Å². The monoisotopic (exact) mass is 285 g/mol. The highest BCUT2D eigenvalue weighted by Gasteiger charge is 2.19. The largest absolute Gasteiger partial charge is 0.311 e. The lowest BCUT2D eigenvalue weighted by Gasteiger charge is -2.03. The number of rotatable bonds is 3. The molecule has 0 aromatic carbocycles. The van der Waals surface area contributed by atoms with Crippen molar-refractivity contribution in [1.29, 1.82) is 0 Å². The highest BCUT2D eigenvalue weighted by molar-refractivity contribution is 7.03. The summed E-state index contributed by atoms with van der Waals surface area (Å²) in [5, 5.41) is 18.0. The van der Waals surface area contributed by atoms with E-state index in [1.165, 1.54) is 11.4 Å². The lowest BCUT2D eigenvalue weighted by Crippen LogP contribution is -2.14. The number of aromatic nitrogens is 3. The molecule has 0 aliphatic carbocycles. The normalized spacial score (nSPS) is 10.1. The Morgan fingerprint density at radius 3 is 2.89 bits per heavy atom. The maximum atomic E-state index is 11.6. The zero-order valence-electron chi connectivity index (χ0n) is 8.53. The molecule has 8 nitrogen and oxygen atoms in total. The van der Waals surface area contributed by atoms with Gasteiger partial charge in [-0.25, -0.2) is 4.98 Å². The Hall–Kier alpha value is -2.13. The molecule has 2 heterocycles. The lowest BCUT2D eigenvalue weighted by atomic mass is 10.3. The first kappa shape index (κ1) is 12.3. The molecule has 0 bridgehead atoms. The topological polar surface area (TPSA) is 111 Å². The van der Waals surface area contributed by atoms with Crippen LogP contribution < -0.4 is 5.32 Å². The molecule has 2 aromatic rings. The summed E-state index contributed by atoms with van der Waals surface area (Å²) in [7, 11) is 0. The summed E-state index contributed by atoms with van der Waals surface area (Å²) in [6.07, 6.45) is 0. The molecule has 0 saturated heterocycles. The van der Waals surface area contributed by atoms with Gasteiger partial charge in [-0.15, -0.1) is 5.10 Å². The van der Waals surface area contributed by atoms with Gasteiger partial charge in [0.2, 0.25) is 5.82 Å². The van der Waals surface area contributed by atoms with Gasteiger partial charge in [-0.1, -0.05) is 16.1 Å². The van der Waals surface area contributed by atoms with Gasteiger partial charge in [-0.05, 0) is 17.6 Å². The quantitative estimate of drug-likeness (QED) is 0.522. The summed E-state index contributed by atoms with van der Waals surface area (Å²) >= 11 is 6.61. The second kappa shape index (κ2) is 5.02. The minimum atomic E-state index is -0.668. The molecule has 0 spiro atoms. The Labute approximate surface area is 109 Å². The van der Waals surface area contributed by atoms with E-state index in [0.29, 0.717) is 0 Å². The summed E-state index contributed by atoms with van der Waals surface area (Å²) in [4.78, 5) is 25.4. The fourth-order valence-electron chi connectivity index (χ4n) is 1.10. The predicted octanol–water partition coefficient (Wildman–Crippen LogP) is 1.75. The van der Waals surface area contributed by atoms with Crippen LogP contribution in [0.4, 0.5) is 11.5 Å². The number of nitrogens with one attached hydrogen (secondary N) is 1. The van der Waals surface area contributed by atoms with Crippen LogP contribution in [0.15, 0.2) is 17.5 Å². The Balaban J connectivity index is 2.31. The van der Waals surface area contributed by atoms with Gasteiger partial charge in [0.15, 0.2) is 5.69 Å². The summed E-state index contributed by atoms with van der Waals surface area (Å²) in [6, 6.07) is 2.42. The Bertz CT molecular complexity index is 603. The van der Waals surface area contributed by atoms with E-state index < -0.39 is 10.8 Å². The van der Waals surface area contributed by atoms with E-state index in [-0.39, 0.29) is 22.4 Å². The van der Waals surface area contributed by atoms with Crippen molar-refractivity contribution >= 4 is 40.5 Å². The number of nitro groups is 1. The van der Waals surface area contributed by atoms with E-state index in [1.807, 2.05) is 0 Å². The number of hydrogen-bond donors (Lipinski definition) is 1. The second-order valence-electron chi connectivity index (χ2n) is 3.00. The molecule has 0 atom stereocenters. The molecule has 0 radical (unpaired) electrons. The molecule has 92 valence electrons. The van der Waals surface area contributed by atoms with Gasteiger partial charge in [0.25, 0.3) is 5.91 Å². The van der Waals surface area contributed by atoms with E-state index in [2.05, 4.69) is 19.9 Å². The molecule has 0 aliphatic rings. The van der Waals surface area contributed by atoms with E-state index in [4.69, 9.17) is 11.6 Å². The van der Waals surface area contributed by atoms with E-state index in [1.54, 1.807) is 0 Å². The zero-order valence-corrected chi connectivity index (χ0v) is 10.1. The van der Waals surface area contributed by atoms with E-state index in [9.17, 15) is 14.9 Å². The maximum absolute atomic E-state index is 11.6. The van der Waals surface area contributed by atoms with Crippen LogP contribution in [0.25, 0.3) is 0 Å². The van der Waals surface area contributed by atoms with Crippen LogP contribution >= 0.6 is 23.1 Å². The van der Waals surface area contributed by atoms with Crippen LogP contribution in [0.5, 0.6) is 0 Å². The number of anilines is 1. The van der Waals surface area contributed by atoms with Gasteiger partial charge in [0, 0.05) is 11.4 Å². The number of carbonyl (C=O) groups excluding carboxylic acids is 1. The van der Waals surface area contributed by atoms with Gasteiger partial charge >= 0.3 is 5.69 Å². The van der Waals surface area contributed by atoms with Crippen molar-refractivity contribution in [3.05, 3.63) is 38.5 Å². The van der Waals surface area contributed by atoms with Crippen LogP contribution in [0, 0.1) is 10.1 Å². The molecule has 2 rings (SSSR count). The van der Waals surface area contributed by atoms with Crippen molar-refractivity contribution < 1.29 is 9.72 Å². The number of carbonyl (C=O) groups is 1. The molecule has 0 fully saturated rings. The Kier molecular flexibility index (Phi) is 3.44. The molecule has 10 heteroatoms. The SMILES string of the molecule is O=C(Nc1nc(Cl)ccc1[N+](=O)[O-])c1csnn1. The minimum absolute atomic E-state index is 0.0345. The van der Waals surface area contributed by atoms with Gasteiger partial charge in [-0.3, -0.25) is 20.2 Å². The highest BCUT2D eigenvalue weighted by Crippen LogP contribution is 2.24. The first-order chi connectivity index (χ1) is 8.58. The average molecular weight is 286 g/mol. The van der Waals surface area contributed by atoms with Gasteiger partial charge in [0.1, 0.15) is 5.15 Å². The van der Waals surface area contributed by atoms with Crippen molar-refractivity contribution in [2.45, 2.75) is 0 Å². The lowest BCUT2D eigenvalue weighted by molar-refractivity contribution is -0.384. The number of nitrogens with zero attached hydrogens (tertiary/aromatic N) is 4. The summed E-state index contributed by atoms with van der Waals surface area (Å²) < 4.78 is 3.51. The summed E-state index contributed by atoms with van der Waals surface area (Å²) in [5.41, 5.74) is -0.299. The highest BCUT2D eigenvalue weighted by atomic mass is 35.5. The summed E-state index contributed by atoms with van der Waals surface area (Å²) in [6.45, 7) is 0. The molecular weight excluding hydrogens is 282 g/mol. The second-order valence-corrected chi connectivity index (χ2v) is 4.00. The Morgan fingerprint density at radius 1 is 1.50 bits per heavy atom.